The minimum atomic E-state index is -5.19. The lowest BCUT2D eigenvalue weighted by atomic mass is 9.93. The number of benzene rings is 1. The second kappa shape index (κ2) is 12.9. The SMILES string of the molecule is C[N+]1(CCc2ccccc2)CCC(OC(=O)C(O)(Cc2cccs2)Cc2cccs2)C1.O=C([O-])C(F)(F)F. The second-order valence-electron chi connectivity index (χ2n) is 9.63. The van der Waals surface area contributed by atoms with Crippen molar-refractivity contribution in [2.45, 2.75) is 43.6 Å². The molecule has 3 aromatic rings. The van der Waals surface area contributed by atoms with Crippen molar-refractivity contribution in [3.63, 3.8) is 0 Å². The van der Waals surface area contributed by atoms with Crippen molar-refractivity contribution < 1.29 is 42.2 Å². The van der Waals surface area contributed by atoms with Crippen LogP contribution in [0.1, 0.15) is 21.7 Å². The smallest absolute Gasteiger partial charge is 0.430 e. The number of hydrogen-bond acceptors (Lipinski definition) is 7. The maximum Gasteiger partial charge on any atom is 0.430 e. The van der Waals surface area contributed by atoms with Crippen LogP contribution in [0.15, 0.2) is 65.4 Å². The molecular formula is C27H30F3NO5S2. The van der Waals surface area contributed by atoms with E-state index in [4.69, 9.17) is 14.6 Å². The van der Waals surface area contributed by atoms with Gasteiger partial charge in [0.1, 0.15) is 12.5 Å². The summed E-state index contributed by atoms with van der Waals surface area (Å²) in [5.41, 5.74) is -0.199. The van der Waals surface area contributed by atoms with Crippen molar-refractivity contribution in [1.82, 2.24) is 0 Å². The Labute approximate surface area is 227 Å². The molecule has 0 spiro atoms. The molecule has 2 atom stereocenters. The highest BCUT2D eigenvalue weighted by atomic mass is 32.1. The predicted octanol–water partition coefficient (Wildman–Crippen LogP) is 3.63. The van der Waals surface area contributed by atoms with Gasteiger partial charge in [-0.25, -0.2) is 4.79 Å². The first kappa shape index (κ1) is 29.8. The molecule has 2 unspecified atom stereocenters. The summed E-state index contributed by atoms with van der Waals surface area (Å²) < 4.78 is 38.4. The molecule has 11 heteroatoms. The van der Waals surface area contributed by atoms with Gasteiger partial charge in [-0.3, -0.25) is 0 Å². The first-order valence-corrected chi connectivity index (χ1v) is 13.8. The number of aliphatic hydroxyl groups is 1. The van der Waals surface area contributed by atoms with Crippen LogP contribution in [0.2, 0.25) is 0 Å². The van der Waals surface area contributed by atoms with Crippen LogP contribution in [-0.2, 0) is 33.6 Å². The van der Waals surface area contributed by atoms with Gasteiger partial charge in [-0.1, -0.05) is 42.5 Å². The average Bonchev–Trinajstić information content (AvgIpc) is 3.62. The number of rotatable bonds is 9. The van der Waals surface area contributed by atoms with E-state index in [0.29, 0.717) is 0 Å². The second-order valence-corrected chi connectivity index (χ2v) is 11.7. The normalized spacial score (nSPS) is 19.4. The van der Waals surface area contributed by atoms with E-state index in [1.165, 1.54) is 5.56 Å². The summed E-state index contributed by atoms with van der Waals surface area (Å²) >= 11 is 3.12. The Morgan fingerprint density at radius 3 is 2.05 bits per heavy atom. The van der Waals surface area contributed by atoms with Crippen LogP contribution in [0.25, 0.3) is 0 Å². The third-order valence-corrected chi connectivity index (χ3v) is 8.15. The molecule has 0 amide bonds. The van der Waals surface area contributed by atoms with Crippen LogP contribution >= 0.6 is 22.7 Å². The van der Waals surface area contributed by atoms with E-state index in [-0.39, 0.29) is 18.9 Å². The number of aliphatic carboxylic acids is 1. The quantitative estimate of drug-likeness (QED) is 0.314. The number of likely N-dealkylation sites (N-methyl/N-ethyl adjacent to an activating group) is 1. The number of halogens is 3. The van der Waals surface area contributed by atoms with Crippen molar-refractivity contribution in [3.8, 4) is 0 Å². The van der Waals surface area contributed by atoms with Gasteiger partial charge in [0.25, 0.3) is 0 Å². The number of thiophene rings is 2. The number of likely N-dealkylation sites (tertiary alicyclic amines) is 1. The molecule has 4 rings (SSSR count). The predicted molar refractivity (Wildman–Crippen MR) is 137 cm³/mol. The lowest BCUT2D eigenvalue weighted by molar-refractivity contribution is -0.898. The monoisotopic (exact) mass is 569 g/mol. The average molecular weight is 570 g/mol. The number of alkyl halides is 3. The fourth-order valence-corrected chi connectivity index (χ4v) is 5.97. The Morgan fingerprint density at radius 2 is 1.58 bits per heavy atom. The first-order chi connectivity index (χ1) is 17.9. The highest BCUT2D eigenvalue weighted by molar-refractivity contribution is 7.10. The molecule has 0 aliphatic carbocycles. The number of carboxylic acid groups (broad SMARTS) is 1. The number of nitrogens with zero attached hydrogens (tertiary/aromatic N) is 1. The van der Waals surface area contributed by atoms with E-state index < -0.39 is 23.7 Å². The molecule has 0 saturated carbocycles. The van der Waals surface area contributed by atoms with Gasteiger partial charge in [-0.15, -0.1) is 22.7 Å². The Kier molecular flexibility index (Phi) is 10.1. The fourth-order valence-electron chi connectivity index (χ4n) is 4.34. The van der Waals surface area contributed by atoms with Gasteiger partial charge < -0.3 is 24.2 Å². The van der Waals surface area contributed by atoms with Gasteiger partial charge in [-0.05, 0) is 28.5 Å². The number of hydrogen-bond donors (Lipinski definition) is 1. The van der Waals surface area contributed by atoms with Crippen molar-refractivity contribution in [2.75, 3.05) is 26.7 Å². The highest BCUT2D eigenvalue weighted by Gasteiger charge is 2.43. The number of esters is 1. The summed E-state index contributed by atoms with van der Waals surface area (Å²) in [6.45, 7) is 2.80. The van der Waals surface area contributed by atoms with Crippen LogP contribution in [0.3, 0.4) is 0 Å². The molecule has 38 heavy (non-hydrogen) atoms. The van der Waals surface area contributed by atoms with E-state index in [1.54, 1.807) is 22.7 Å². The third-order valence-electron chi connectivity index (χ3n) is 6.40. The standard InChI is InChI=1S/C25H30NO3S2.C2HF3O2/c1-26(13-11-20-7-3-2-4-8-20)14-12-21(19-26)29-24(27)25(28,17-22-9-5-15-30-22)18-23-10-6-16-31-23;3-2(4,5)1(6)7/h2-10,15-16,21,28H,11-14,17-19H2,1H3;(H,6,7)/q+1;/p-1. The zero-order valence-electron chi connectivity index (χ0n) is 20.9. The number of carbonyl (C=O) groups excluding carboxylic acids is 2. The van der Waals surface area contributed by atoms with Crippen molar-refractivity contribution >= 4 is 34.6 Å². The Balaban J connectivity index is 0.000000505. The van der Waals surface area contributed by atoms with Crippen LogP contribution in [0.5, 0.6) is 0 Å². The number of ether oxygens (including phenoxy) is 1. The molecule has 0 radical (unpaired) electrons. The minimum absolute atomic E-state index is 0.147. The molecule has 1 fully saturated rings. The van der Waals surface area contributed by atoms with E-state index >= 15 is 0 Å². The van der Waals surface area contributed by atoms with Gasteiger partial charge in [-0.2, -0.15) is 13.2 Å². The zero-order valence-corrected chi connectivity index (χ0v) is 22.5. The first-order valence-electron chi connectivity index (χ1n) is 12.0. The van der Waals surface area contributed by atoms with Crippen LogP contribution in [0.4, 0.5) is 13.2 Å². The van der Waals surface area contributed by atoms with E-state index in [2.05, 4.69) is 31.3 Å². The number of carboxylic acids is 1. The van der Waals surface area contributed by atoms with Crippen molar-refractivity contribution in [2.24, 2.45) is 0 Å². The topological polar surface area (TPSA) is 86.7 Å². The molecule has 3 heterocycles. The highest BCUT2D eigenvalue weighted by Crippen LogP contribution is 2.28. The van der Waals surface area contributed by atoms with Crippen LogP contribution in [0, 0.1) is 0 Å². The molecule has 206 valence electrons. The molecule has 0 bridgehead atoms. The van der Waals surface area contributed by atoms with E-state index in [1.807, 2.05) is 41.1 Å². The minimum Gasteiger partial charge on any atom is -0.542 e. The molecular weight excluding hydrogens is 539 g/mol. The van der Waals surface area contributed by atoms with Crippen LogP contribution in [-0.4, -0.2) is 66.1 Å². The van der Waals surface area contributed by atoms with E-state index in [0.717, 1.165) is 46.7 Å². The molecule has 1 aromatic carbocycles. The third kappa shape index (κ3) is 8.93. The van der Waals surface area contributed by atoms with Gasteiger partial charge in [0.2, 0.25) is 0 Å². The van der Waals surface area contributed by atoms with Crippen molar-refractivity contribution in [1.29, 1.82) is 0 Å². The number of quaternary nitrogens is 1. The zero-order chi connectivity index (χ0) is 27.8. The molecule has 1 N–H and O–H groups in total. The maximum atomic E-state index is 13.2. The fraction of sp³-hybridized carbons (Fsp3) is 0.407. The summed E-state index contributed by atoms with van der Waals surface area (Å²) in [5.74, 6) is -3.50. The van der Waals surface area contributed by atoms with E-state index in [9.17, 15) is 23.1 Å². The Hall–Kier alpha value is -2.73. The molecule has 1 aliphatic rings. The molecule has 1 saturated heterocycles. The summed E-state index contributed by atoms with van der Waals surface area (Å²) in [6.07, 6.45) is -2.92. The van der Waals surface area contributed by atoms with Gasteiger partial charge >= 0.3 is 12.1 Å². The molecule has 1 aliphatic heterocycles. The maximum absolute atomic E-state index is 13.2. The molecule has 6 nitrogen and oxygen atoms in total. The van der Waals surface area contributed by atoms with Gasteiger partial charge in [0, 0.05) is 35.4 Å². The lowest BCUT2D eigenvalue weighted by Crippen LogP contribution is -2.47. The summed E-state index contributed by atoms with van der Waals surface area (Å²) in [4.78, 5) is 24.0. The summed E-state index contributed by atoms with van der Waals surface area (Å²) in [7, 11) is 2.24. The summed E-state index contributed by atoms with van der Waals surface area (Å²) in [6, 6.07) is 18.3. The molecule has 2 aromatic heterocycles. The largest absolute Gasteiger partial charge is 0.542 e. The van der Waals surface area contributed by atoms with Gasteiger partial charge in [0.15, 0.2) is 11.7 Å². The Morgan fingerprint density at radius 1 is 1.03 bits per heavy atom. The Bertz CT molecular complexity index is 1120. The van der Waals surface area contributed by atoms with Crippen LogP contribution < -0.4 is 5.11 Å². The van der Waals surface area contributed by atoms with Crippen molar-refractivity contribution in [3.05, 3.63) is 80.7 Å². The lowest BCUT2D eigenvalue weighted by Gasteiger charge is -2.30. The number of carbonyl (C=O) groups is 2. The van der Waals surface area contributed by atoms with Gasteiger partial charge in [0.05, 0.1) is 20.1 Å². The summed E-state index contributed by atoms with van der Waals surface area (Å²) in [5, 5.41) is 24.1.